The summed E-state index contributed by atoms with van der Waals surface area (Å²) in [5, 5.41) is 5.57. The summed E-state index contributed by atoms with van der Waals surface area (Å²) in [4.78, 5) is 29.2. The molecule has 2 aliphatic heterocycles. The smallest absolute Gasteiger partial charge is 0.379 e. The van der Waals surface area contributed by atoms with Crippen LogP contribution in [0.15, 0.2) is 60.0 Å². The number of halogens is 4. The molecule has 208 valence electrons. The molecule has 4 heterocycles. The first kappa shape index (κ1) is 26.5. The van der Waals surface area contributed by atoms with Crippen molar-refractivity contribution in [3.05, 3.63) is 76.7 Å². The molecule has 6 rings (SSSR count). The maximum absolute atomic E-state index is 14.8. The SMILES string of the molecule is CN1CC[C@@H](Nc2cccc3c2cc(-c2cc(CN4C(=O)c5ccccc5C4=O)cs2)n3CC(F)(F)F)[C@@H](F)C1. The van der Waals surface area contributed by atoms with Gasteiger partial charge in [0.05, 0.1) is 39.8 Å². The Balaban J connectivity index is 1.33. The van der Waals surface area contributed by atoms with E-state index < -0.39 is 36.7 Å². The summed E-state index contributed by atoms with van der Waals surface area (Å²) in [5.41, 5.74) is 2.65. The summed E-state index contributed by atoms with van der Waals surface area (Å²) in [6, 6.07) is 14.6. The van der Waals surface area contributed by atoms with Gasteiger partial charge in [0.25, 0.3) is 11.8 Å². The van der Waals surface area contributed by atoms with E-state index >= 15 is 0 Å². The summed E-state index contributed by atoms with van der Waals surface area (Å²) in [5.74, 6) is -0.786. The number of thiophene rings is 1. The molecule has 2 atom stereocenters. The van der Waals surface area contributed by atoms with Gasteiger partial charge in [0.1, 0.15) is 12.7 Å². The number of hydrogen-bond donors (Lipinski definition) is 1. The normalized spacial score (nSPS) is 20.0. The molecule has 2 amide bonds. The van der Waals surface area contributed by atoms with E-state index in [-0.39, 0.29) is 6.54 Å². The number of rotatable bonds is 6. The van der Waals surface area contributed by atoms with Crippen molar-refractivity contribution in [3.8, 4) is 10.6 Å². The fourth-order valence-corrected chi connectivity index (χ4v) is 6.47. The highest BCUT2D eigenvalue weighted by molar-refractivity contribution is 7.13. The Morgan fingerprint density at radius 2 is 1.75 bits per heavy atom. The predicted octanol–water partition coefficient (Wildman–Crippen LogP) is 6.18. The molecule has 11 heteroatoms. The van der Waals surface area contributed by atoms with Gasteiger partial charge in [-0.3, -0.25) is 14.5 Å². The van der Waals surface area contributed by atoms with Crippen LogP contribution in [0.25, 0.3) is 21.5 Å². The minimum Gasteiger partial charge on any atom is -0.379 e. The second-order valence-corrected chi connectivity index (χ2v) is 11.3. The number of alkyl halides is 4. The molecule has 0 radical (unpaired) electrons. The third kappa shape index (κ3) is 4.88. The van der Waals surface area contributed by atoms with E-state index in [9.17, 15) is 27.2 Å². The number of carbonyl (C=O) groups is 2. The summed E-state index contributed by atoms with van der Waals surface area (Å²) in [6.07, 6.45) is -4.99. The standard InChI is InChI=1S/C29H26F4N4O2S/c1-35-10-9-23(21(30)14-35)34-22-7-4-8-24-20(22)12-25(37(24)16-29(31,32)33)26-11-17(15-40-26)13-36-27(38)18-5-2-3-6-19(18)28(36)39/h2-8,11-12,15,21,23,34H,9-10,13-14,16H2,1H3/t21-,23+/m0/s1. The van der Waals surface area contributed by atoms with Crippen LogP contribution in [0.2, 0.25) is 0 Å². The topological polar surface area (TPSA) is 57.6 Å². The first-order valence-electron chi connectivity index (χ1n) is 12.9. The number of nitrogens with one attached hydrogen (secondary N) is 1. The summed E-state index contributed by atoms with van der Waals surface area (Å²) < 4.78 is 57.2. The number of benzene rings is 2. The number of amides is 2. The highest BCUT2D eigenvalue weighted by atomic mass is 32.1. The molecule has 0 unspecified atom stereocenters. The van der Waals surface area contributed by atoms with Crippen molar-refractivity contribution in [1.82, 2.24) is 14.4 Å². The minimum absolute atomic E-state index is 0.0170. The van der Waals surface area contributed by atoms with Crippen molar-refractivity contribution in [2.24, 2.45) is 0 Å². The van der Waals surface area contributed by atoms with Crippen LogP contribution in [-0.4, -0.2) is 64.7 Å². The van der Waals surface area contributed by atoms with Crippen molar-refractivity contribution >= 4 is 39.7 Å². The lowest BCUT2D eigenvalue weighted by Crippen LogP contribution is -2.46. The minimum atomic E-state index is -4.47. The third-order valence-corrected chi connectivity index (χ3v) is 8.50. The monoisotopic (exact) mass is 570 g/mol. The second-order valence-electron chi connectivity index (χ2n) is 10.3. The van der Waals surface area contributed by atoms with Crippen LogP contribution in [0, 0.1) is 0 Å². The van der Waals surface area contributed by atoms with E-state index in [1.54, 1.807) is 60.0 Å². The average molecular weight is 571 g/mol. The number of hydrogen-bond acceptors (Lipinski definition) is 5. The summed E-state index contributed by atoms with van der Waals surface area (Å²) in [7, 11) is 1.86. The van der Waals surface area contributed by atoms with Gasteiger partial charge in [0.15, 0.2) is 0 Å². The maximum Gasteiger partial charge on any atom is 0.406 e. The van der Waals surface area contributed by atoms with Crippen LogP contribution in [0.4, 0.5) is 23.2 Å². The number of piperidine rings is 1. The molecular weight excluding hydrogens is 544 g/mol. The molecular formula is C29H26F4N4O2S. The zero-order chi connectivity index (χ0) is 28.2. The van der Waals surface area contributed by atoms with E-state index in [2.05, 4.69) is 5.32 Å². The summed E-state index contributed by atoms with van der Waals surface area (Å²) in [6.45, 7) is -0.164. The van der Waals surface area contributed by atoms with Gasteiger partial charge in [-0.25, -0.2) is 4.39 Å². The fraction of sp³-hybridized carbons (Fsp3) is 0.310. The molecule has 0 aliphatic carbocycles. The van der Waals surface area contributed by atoms with E-state index in [4.69, 9.17) is 0 Å². The van der Waals surface area contributed by atoms with Crippen LogP contribution in [0.5, 0.6) is 0 Å². The van der Waals surface area contributed by atoms with Crippen LogP contribution < -0.4 is 5.32 Å². The lowest BCUT2D eigenvalue weighted by Gasteiger charge is -2.33. The quantitative estimate of drug-likeness (QED) is 0.222. The van der Waals surface area contributed by atoms with E-state index in [0.717, 1.165) is 11.4 Å². The van der Waals surface area contributed by atoms with Crippen LogP contribution in [-0.2, 0) is 13.1 Å². The van der Waals surface area contributed by atoms with Gasteiger partial charge in [0, 0.05) is 24.2 Å². The van der Waals surface area contributed by atoms with Crippen molar-refractivity contribution in [2.75, 3.05) is 25.5 Å². The molecule has 2 aromatic heterocycles. The van der Waals surface area contributed by atoms with Crippen molar-refractivity contribution < 1.29 is 27.2 Å². The van der Waals surface area contributed by atoms with Gasteiger partial charge in [-0.05, 0) is 60.8 Å². The van der Waals surface area contributed by atoms with Gasteiger partial charge < -0.3 is 14.8 Å². The van der Waals surface area contributed by atoms with Gasteiger partial charge in [-0.15, -0.1) is 11.3 Å². The summed E-state index contributed by atoms with van der Waals surface area (Å²) >= 11 is 1.25. The second kappa shape index (κ2) is 10.0. The Hall–Kier alpha value is -3.70. The number of anilines is 1. The van der Waals surface area contributed by atoms with Gasteiger partial charge in [-0.2, -0.15) is 13.2 Å². The first-order chi connectivity index (χ1) is 19.1. The Labute approximate surface area is 231 Å². The highest BCUT2D eigenvalue weighted by Crippen LogP contribution is 2.38. The Bertz CT molecular complexity index is 1580. The first-order valence-corrected chi connectivity index (χ1v) is 13.8. The largest absolute Gasteiger partial charge is 0.406 e. The van der Waals surface area contributed by atoms with Crippen LogP contribution in [0.1, 0.15) is 32.7 Å². The van der Waals surface area contributed by atoms with Crippen molar-refractivity contribution in [3.63, 3.8) is 0 Å². The Morgan fingerprint density at radius 3 is 2.42 bits per heavy atom. The van der Waals surface area contributed by atoms with E-state index in [0.29, 0.717) is 56.8 Å². The number of carbonyl (C=O) groups excluding carboxylic acids is 2. The van der Waals surface area contributed by atoms with Gasteiger partial charge in [0.2, 0.25) is 0 Å². The third-order valence-electron chi connectivity index (χ3n) is 7.49. The zero-order valence-corrected chi connectivity index (χ0v) is 22.4. The predicted molar refractivity (Wildman–Crippen MR) is 146 cm³/mol. The molecule has 1 fully saturated rings. The van der Waals surface area contributed by atoms with Crippen LogP contribution in [0.3, 0.4) is 0 Å². The van der Waals surface area contributed by atoms with Gasteiger partial charge >= 0.3 is 6.18 Å². The molecule has 0 bridgehead atoms. The van der Waals surface area contributed by atoms with Gasteiger partial charge in [-0.1, -0.05) is 18.2 Å². The number of likely N-dealkylation sites (tertiary alicyclic amines) is 1. The molecule has 4 aromatic rings. The van der Waals surface area contributed by atoms with Crippen molar-refractivity contribution in [1.29, 1.82) is 0 Å². The highest BCUT2D eigenvalue weighted by Gasteiger charge is 2.36. The molecule has 1 N–H and O–H groups in total. The zero-order valence-electron chi connectivity index (χ0n) is 21.5. The average Bonchev–Trinajstić information content (AvgIpc) is 3.58. The number of imide groups is 1. The molecule has 6 nitrogen and oxygen atoms in total. The van der Waals surface area contributed by atoms with E-state index in [1.807, 2.05) is 11.9 Å². The molecule has 1 saturated heterocycles. The van der Waals surface area contributed by atoms with Crippen LogP contribution >= 0.6 is 11.3 Å². The van der Waals surface area contributed by atoms with Crippen molar-refractivity contribution in [2.45, 2.75) is 37.9 Å². The lowest BCUT2D eigenvalue weighted by atomic mass is 10.0. The van der Waals surface area contributed by atoms with E-state index in [1.165, 1.54) is 15.9 Å². The molecule has 2 aliphatic rings. The maximum atomic E-state index is 14.8. The molecule has 2 aromatic carbocycles. The Morgan fingerprint density at radius 1 is 1.02 bits per heavy atom. The molecule has 0 spiro atoms. The fourth-order valence-electron chi connectivity index (χ4n) is 5.54. The number of nitrogens with zero attached hydrogens (tertiary/aromatic N) is 3. The molecule has 40 heavy (non-hydrogen) atoms. The number of fused-ring (bicyclic) bond motifs is 2. The number of aromatic nitrogens is 1. The molecule has 0 saturated carbocycles. The lowest BCUT2D eigenvalue weighted by molar-refractivity contribution is -0.139. The Kier molecular flexibility index (Phi) is 6.66.